The van der Waals surface area contributed by atoms with Gasteiger partial charge in [-0.1, -0.05) is 17.8 Å². The fourth-order valence-corrected chi connectivity index (χ4v) is 2.62. The Morgan fingerprint density at radius 3 is 3.00 bits per heavy atom. The molecule has 0 fully saturated rings. The highest BCUT2D eigenvalue weighted by Crippen LogP contribution is 2.28. The van der Waals surface area contributed by atoms with E-state index in [1.54, 1.807) is 18.3 Å². The van der Waals surface area contributed by atoms with Gasteiger partial charge in [0.1, 0.15) is 5.82 Å². The van der Waals surface area contributed by atoms with E-state index in [9.17, 15) is 9.18 Å². The van der Waals surface area contributed by atoms with Gasteiger partial charge in [-0.2, -0.15) is 0 Å². The lowest BCUT2D eigenvalue weighted by atomic mass is 10.3. The molecule has 0 spiro atoms. The number of nitrogens with zero attached hydrogens (tertiary/aromatic N) is 2. The van der Waals surface area contributed by atoms with Crippen LogP contribution in [0.1, 0.15) is 0 Å². The Hall–Kier alpha value is -1.34. The standard InChI is InChI=1S/C11H8BrFN2O2S/c12-7-2-1-3-8(13)10(7)15-5-4-14-11(15)18-6-9(16)17/h1-5H,6H2,(H,16,17). The number of hydrogen-bond donors (Lipinski definition) is 1. The van der Waals surface area contributed by atoms with Crippen molar-refractivity contribution < 1.29 is 14.3 Å². The van der Waals surface area contributed by atoms with Gasteiger partial charge in [0.2, 0.25) is 0 Å². The third-order valence-electron chi connectivity index (χ3n) is 2.11. The number of thioether (sulfide) groups is 1. The summed E-state index contributed by atoms with van der Waals surface area (Å²) in [6, 6.07) is 4.64. The Balaban J connectivity index is 2.39. The number of halogens is 2. The predicted octanol–water partition coefficient (Wildman–Crippen LogP) is 2.95. The van der Waals surface area contributed by atoms with E-state index in [2.05, 4.69) is 20.9 Å². The molecule has 94 valence electrons. The van der Waals surface area contributed by atoms with Crippen molar-refractivity contribution in [3.05, 3.63) is 40.9 Å². The van der Waals surface area contributed by atoms with Gasteiger partial charge < -0.3 is 5.11 Å². The fraction of sp³-hybridized carbons (Fsp3) is 0.0909. The molecule has 2 aromatic rings. The van der Waals surface area contributed by atoms with Crippen LogP contribution in [0.4, 0.5) is 4.39 Å². The molecule has 0 saturated heterocycles. The quantitative estimate of drug-likeness (QED) is 0.875. The Kier molecular flexibility index (Phi) is 4.03. The summed E-state index contributed by atoms with van der Waals surface area (Å²) in [6.07, 6.45) is 3.09. The monoisotopic (exact) mass is 330 g/mol. The molecule has 0 amide bonds. The van der Waals surface area contributed by atoms with Gasteiger partial charge in [-0.15, -0.1) is 0 Å². The molecule has 4 nitrogen and oxygen atoms in total. The number of imidazole rings is 1. The molecule has 0 saturated carbocycles. The maximum absolute atomic E-state index is 13.8. The number of carboxylic acids is 1. The summed E-state index contributed by atoms with van der Waals surface area (Å²) in [7, 11) is 0. The van der Waals surface area contributed by atoms with Crippen LogP contribution in [-0.2, 0) is 4.79 Å². The van der Waals surface area contributed by atoms with Crippen molar-refractivity contribution in [2.75, 3.05) is 5.75 Å². The molecule has 1 N–H and O–H groups in total. The minimum Gasteiger partial charge on any atom is -0.481 e. The number of hydrogen-bond acceptors (Lipinski definition) is 3. The van der Waals surface area contributed by atoms with Gasteiger partial charge in [-0.05, 0) is 28.1 Å². The summed E-state index contributed by atoms with van der Waals surface area (Å²) in [5, 5.41) is 9.08. The lowest BCUT2D eigenvalue weighted by molar-refractivity contribution is -0.133. The van der Waals surface area contributed by atoms with Gasteiger partial charge in [0.15, 0.2) is 5.16 Å². The van der Waals surface area contributed by atoms with Crippen molar-refractivity contribution in [1.82, 2.24) is 9.55 Å². The van der Waals surface area contributed by atoms with Crippen LogP contribution in [0.5, 0.6) is 0 Å². The van der Waals surface area contributed by atoms with E-state index in [4.69, 9.17) is 5.11 Å². The highest BCUT2D eigenvalue weighted by Gasteiger charge is 2.13. The minimum absolute atomic E-state index is 0.122. The van der Waals surface area contributed by atoms with Crippen molar-refractivity contribution >= 4 is 33.7 Å². The van der Waals surface area contributed by atoms with Crippen LogP contribution in [0.25, 0.3) is 5.69 Å². The van der Waals surface area contributed by atoms with Crippen LogP contribution >= 0.6 is 27.7 Å². The van der Waals surface area contributed by atoms with Gasteiger partial charge in [0.05, 0.1) is 11.4 Å². The zero-order valence-electron chi connectivity index (χ0n) is 9.01. The van der Waals surface area contributed by atoms with E-state index in [-0.39, 0.29) is 5.75 Å². The largest absolute Gasteiger partial charge is 0.481 e. The van der Waals surface area contributed by atoms with Crippen LogP contribution in [0, 0.1) is 5.82 Å². The fourth-order valence-electron chi connectivity index (χ4n) is 1.41. The van der Waals surface area contributed by atoms with E-state index in [0.717, 1.165) is 11.8 Å². The van der Waals surface area contributed by atoms with E-state index in [0.29, 0.717) is 15.3 Å². The van der Waals surface area contributed by atoms with Crippen LogP contribution < -0.4 is 0 Å². The molecule has 2 rings (SSSR count). The number of aromatic nitrogens is 2. The van der Waals surface area contributed by atoms with Crippen LogP contribution in [0.15, 0.2) is 40.2 Å². The summed E-state index contributed by atoms with van der Waals surface area (Å²) >= 11 is 4.31. The van der Waals surface area contributed by atoms with E-state index < -0.39 is 11.8 Å². The number of aliphatic carboxylic acids is 1. The third kappa shape index (κ3) is 2.73. The van der Waals surface area contributed by atoms with E-state index in [1.165, 1.54) is 16.8 Å². The Bertz CT molecular complexity index is 568. The summed E-state index contributed by atoms with van der Waals surface area (Å²) in [4.78, 5) is 14.6. The SMILES string of the molecule is O=C(O)CSc1nccn1-c1c(F)cccc1Br. The molecular weight excluding hydrogens is 323 g/mol. The molecule has 1 aromatic heterocycles. The highest BCUT2D eigenvalue weighted by molar-refractivity contribution is 9.10. The number of benzene rings is 1. The summed E-state index contributed by atoms with van der Waals surface area (Å²) in [5.74, 6) is -1.47. The molecular formula is C11H8BrFN2O2S. The minimum atomic E-state index is -0.942. The Morgan fingerprint density at radius 2 is 2.33 bits per heavy atom. The Morgan fingerprint density at radius 1 is 1.56 bits per heavy atom. The topological polar surface area (TPSA) is 55.1 Å². The molecule has 0 unspecified atom stereocenters. The predicted molar refractivity (Wildman–Crippen MR) is 69.6 cm³/mol. The van der Waals surface area contributed by atoms with Crippen LogP contribution in [0.3, 0.4) is 0 Å². The Labute approximate surface area is 115 Å². The summed E-state index contributed by atoms with van der Waals surface area (Å²) in [6.45, 7) is 0. The molecule has 0 aliphatic rings. The van der Waals surface area contributed by atoms with Crippen molar-refractivity contribution in [2.45, 2.75) is 5.16 Å². The van der Waals surface area contributed by atoms with Crippen LogP contribution in [0.2, 0.25) is 0 Å². The average Bonchev–Trinajstić information content (AvgIpc) is 2.74. The van der Waals surface area contributed by atoms with Gasteiger partial charge in [0.25, 0.3) is 0 Å². The summed E-state index contributed by atoms with van der Waals surface area (Å²) < 4.78 is 15.9. The number of rotatable bonds is 4. The lowest BCUT2D eigenvalue weighted by Gasteiger charge is -2.09. The second-order valence-electron chi connectivity index (χ2n) is 3.33. The van der Waals surface area contributed by atoms with Gasteiger partial charge in [-0.3, -0.25) is 9.36 Å². The number of para-hydroxylation sites is 1. The maximum Gasteiger partial charge on any atom is 0.313 e. The first kappa shape index (κ1) is 13.1. The van der Waals surface area contributed by atoms with Crippen molar-refractivity contribution in [3.63, 3.8) is 0 Å². The van der Waals surface area contributed by atoms with Gasteiger partial charge >= 0.3 is 5.97 Å². The zero-order chi connectivity index (χ0) is 13.1. The van der Waals surface area contributed by atoms with Crippen molar-refractivity contribution in [2.24, 2.45) is 0 Å². The molecule has 0 aliphatic carbocycles. The second kappa shape index (κ2) is 5.53. The van der Waals surface area contributed by atoms with Gasteiger partial charge in [0, 0.05) is 16.9 Å². The molecule has 0 radical (unpaired) electrons. The van der Waals surface area contributed by atoms with Crippen LogP contribution in [-0.4, -0.2) is 26.4 Å². The highest BCUT2D eigenvalue weighted by atomic mass is 79.9. The second-order valence-corrected chi connectivity index (χ2v) is 5.13. The van der Waals surface area contributed by atoms with Crippen molar-refractivity contribution in [3.8, 4) is 5.69 Å². The number of carbonyl (C=O) groups is 1. The normalized spacial score (nSPS) is 10.6. The first-order valence-electron chi connectivity index (χ1n) is 4.92. The van der Waals surface area contributed by atoms with E-state index >= 15 is 0 Å². The maximum atomic E-state index is 13.8. The summed E-state index contributed by atoms with van der Waals surface area (Å²) in [5.41, 5.74) is 0.322. The van der Waals surface area contributed by atoms with Crippen molar-refractivity contribution in [1.29, 1.82) is 0 Å². The molecule has 18 heavy (non-hydrogen) atoms. The number of carboxylic acid groups (broad SMARTS) is 1. The van der Waals surface area contributed by atoms with Gasteiger partial charge in [-0.25, -0.2) is 9.37 Å². The van der Waals surface area contributed by atoms with E-state index in [1.807, 2.05) is 0 Å². The molecule has 1 heterocycles. The molecule has 0 atom stereocenters. The first-order chi connectivity index (χ1) is 8.59. The average molecular weight is 331 g/mol. The molecule has 0 bridgehead atoms. The molecule has 1 aromatic carbocycles. The zero-order valence-corrected chi connectivity index (χ0v) is 11.4. The molecule has 0 aliphatic heterocycles. The first-order valence-corrected chi connectivity index (χ1v) is 6.70. The lowest BCUT2D eigenvalue weighted by Crippen LogP contribution is -2.03. The molecule has 7 heteroatoms. The third-order valence-corrected chi connectivity index (χ3v) is 3.70. The smallest absolute Gasteiger partial charge is 0.313 e.